The van der Waals surface area contributed by atoms with Crippen LogP contribution in [0.25, 0.3) is 17.0 Å². The van der Waals surface area contributed by atoms with Crippen molar-refractivity contribution in [1.82, 2.24) is 9.58 Å². The van der Waals surface area contributed by atoms with Crippen LogP contribution in [0.2, 0.25) is 0 Å². The summed E-state index contributed by atoms with van der Waals surface area (Å²) < 4.78 is 15.6. The number of fused-ring (bicyclic) bond motifs is 2. The minimum atomic E-state index is -0.409. The largest absolute Gasteiger partial charge is 0.340 e. The van der Waals surface area contributed by atoms with Gasteiger partial charge in [-0.2, -0.15) is 15.1 Å². The number of benzene rings is 2. The first-order chi connectivity index (χ1) is 17.5. The average molecular weight is 500 g/mol. The van der Waals surface area contributed by atoms with E-state index in [9.17, 15) is 9.18 Å². The summed E-state index contributed by atoms with van der Waals surface area (Å²) in [6.07, 6.45) is 7.63. The van der Waals surface area contributed by atoms with Crippen molar-refractivity contribution in [3.05, 3.63) is 76.7 Å². The number of halogens is 1. The van der Waals surface area contributed by atoms with E-state index >= 15 is 0 Å². The standard InChI is InChI=1S/C28H26FN5OS/c1-17-22(21-9-5-6-10-24(21)33(17)16-18-11-13-20(29)14-12-18)15-23-25(30)34-28(31-26(23)35)36-27(32-34)19-7-3-2-4-8-19/h5-6,9-15,19,30H,2-4,7-8,16H2,1H3/b23-15+,30-25?. The minimum absolute atomic E-state index is 0.0677. The van der Waals surface area contributed by atoms with Gasteiger partial charge in [0.15, 0.2) is 5.84 Å². The van der Waals surface area contributed by atoms with E-state index in [4.69, 9.17) is 10.5 Å². The lowest BCUT2D eigenvalue weighted by Crippen LogP contribution is -2.35. The molecule has 36 heavy (non-hydrogen) atoms. The van der Waals surface area contributed by atoms with Crippen LogP contribution in [0.5, 0.6) is 0 Å². The first-order valence-corrected chi connectivity index (χ1v) is 13.1. The molecule has 182 valence electrons. The summed E-state index contributed by atoms with van der Waals surface area (Å²) in [7, 11) is 0. The number of carbonyl (C=O) groups excluding carboxylic acids is 1. The molecule has 1 saturated carbocycles. The fourth-order valence-corrected chi connectivity index (χ4v) is 6.34. The smallest absolute Gasteiger partial charge is 0.283 e. The van der Waals surface area contributed by atoms with Gasteiger partial charge in [-0.1, -0.05) is 49.6 Å². The number of aromatic nitrogens is 1. The highest BCUT2D eigenvalue weighted by molar-refractivity contribution is 8.27. The van der Waals surface area contributed by atoms with Gasteiger partial charge in [0.1, 0.15) is 10.9 Å². The molecule has 6 rings (SSSR count). The van der Waals surface area contributed by atoms with Gasteiger partial charge in [-0.05, 0) is 61.4 Å². The highest BCUT2D eigenvalue weighted by atomic mass is 32.2. The molecule has 8 heteroatoms. The molecule has 1 aliphatic carbocycles. The number of hydrazone groups is 1. The summed E-state index contributed by atoms with van der Waals surface area (Å²) in [4.78, 5) is 17.4. The highest BCUT2D eigenvalue weighted by Gasteiger charge is 2.38. The molecule has 3 aliphatic rings. The Morgan fingerprint density at radius 1 is 1.11 bits per heavy atom. The van der Waals surface area contributed by atoms with Crippen LogP contribution in [-0.2, 0) is 11.3 Å². The predicted octanol–water partition coefficient (Wildman–Crippen LogP) is 6.34. The molecule has 0 atom stereocenters. The maximum absolute atomic E-state index is 13.4. The van der Waals surface area contributed by atoms with Gasteiger partial charge in [-0.3, -0.25) is 10.2 Å². The van der Waals surface area contributed by atoms with E-state index in [0.717, 1.165) is 45.6 Å². The molecule has 3 heterocycles. The number of nitrogens with zero attached hydrogens (tertiary/aromatic N) is 4. The van der Waals surface area contributed by atoms with E-state index in [-0.39, 0.29) is 17.2 Å². The molecule has 0 radical (unpaired) electrons. The summed E-state index contributed by atoms with van der Waals surface area (Å²) >= 11 is 1.44. The van der Waals surface area contributed by atoms with Crippen LogP contribution in [0.1, 0.15) is 48.9 Å². The van der Waals surface area contributed by atoms with E-state index in [1.807, 2.05) is 31.2 Å². The molecule has 1 N–H and O–H groups in total. The summed E-state index contributed by atoms with van der Waals surface area (Å²) in [5.41, 5.74) is 4.07. The third-order valence-electron chi connectivity index (χ3n) is 7.25. The zero-order chi connectivity index (χ0) is 24.8. The topological polar surface area (TPSA) is 73.8 Å². The van der Waals surface area contributed by atoms with Gasteiger partial charge in [0.25, 0.3) is 5.91 Å². The number of thioether (sulfide) groups is 1. The number of hydrogen-bond acceptors (Lipinski definition) is 4. The van der Waals surface area contributed by atoms with E-state index < -0.39 is 5.91 Å². The summed E-state index contributed by atoms with van der Waals surface area (Å²) in [6.45, 7) is 2.58. The summed E-state index contributed by atoms with van der Waals surface area (Å²) in [5, 5.41) is 17.5. The van der Waals surface area contributed by atoms with E-state index in [1.54, 1.807) is 18.2 Å². The third kappa shape index (κ3) is 3.99. The molecule has 0 spiro atoms. The van der Waals surface area contributed by atoms with Crippen LogP contribution in [0.4, 0.5) is 4.39 Å². The highest BCUT2D eigenvalue weighted by Crippen LogP contribution is 2.37. The molecule has 1 fully saturated rings. The number of carbonyl (C=O) groups is 1. The summed E-state index contributed by atoms with van der Waals surface area (Å²) in [6, 6.07) is 14.5. The van der Waals surface area contributed by atoms with Crippen molar-refractivity contribution in [1.29, 1.82) is 5.41 Å². The molecule has 2 aliphatic heterocycles. The Hall–Kier alpha value is -3.52. The van der Waals surface area contributed by atoms with Gasteiger partial charge in [-0.25, -0.2) is 4.39 Å². The lowest BCUT2D eigenvalue weighted by molar-refractivity contribution is -0.114. The van der Waals surface area contributed by atoms with Crippen molar-refractivity contribution in [2.24, 2.45) is 16.0 Å². The number of nitrogens with one attached hydrogen (secondary N) is 1. The number of amides is 1. The second kappa shape index (κ2) is 9.17. The second-order valence-corrected chi connectivity index (χ2v) is 10.5. The Morgan fingerprint density at radius 3 is 2.64 bits per heavy atom. The van der Waals surface area contributed by atoms with Gasteiger partial charge in [-0.15, -0.1) is 0 Å². The molecule has 2 aromatic carbocycles. The van der Waals surface area contributed by atoms with Crippen LogP contribution >= 0.6 is 11.8 Å². The zero-order valence-corrected chi connectivity index (χ0v) is 20.8. The molecule has 0 saturated heterocycles. The van der Waals surface area contributed by atoms with E-state index in [2.05, 4.69) is 9.56 Å². The first-order valence-electron chi connectivity index (χ1n) is 12.3. The predicted molar refractivity (Wildman–Crippen MR) is 144 cm³/mol. The van der Waals surface area contributed by atoms with Crippen LogP contribution < -0.4 is 0 Å². The molecule has 6 nitrogen and oxygen atoms in total. The number of amidine groups is 2. The maximum Gasteiger partial charge on any atom is 0.283 e. The van der Waals surface area contributed by atoms with Crippen molar-refractivity contribution < 1.29 is 9.18 Å². The number of para-hydroxylation sites is 1. The number of hydrogen-bond donors (Lipinski definition) is 1. The Morgan fingerprint density at radius 2 is 1.86 bits per heavy atom. The molecular weight excluding hydrogens is 473 g/mol. The normalized spacial score (nSPS) is 19.7. The lowest BCUT2D eigenvalue weighted by atomic mass is 9.90. The van der Waals surface area contributed by atoms with Crippen molar-refractivity contribution in [3.63, 3.8) is 0 Å². The van der Waals surface area contributed by atoms with Crippen LogP contribution in [0, 0.1) is 24.1 Å². The lowest BCUT2D eigenvalue weighted by Gasteiger charge is -2.20. The maximum atomic E-state index is 13.4. The Balaban J connectivity index is 1.38. The monoisotopic (exact) mass is 499 g/mol. The van der Waals surface area contributed by atoms with Gasteiger partial charge in [0, 0.05) is 34.6 Å². The average Bonchev–Trinajstić information content (AvgIpc) is 3.43. The molecule has 0 unspecified atom stereocenters. The Bertz CT molecular complexity index is 1480. The van der Waals surface area contributed by atoms with Crippen LogP contribution in [-0.4, -0.2) is 31.5 Å². The SMILES string of the molecule is Cc1c(/C=C2\C(=N)N3N=C(C4CCCCC4)SC3=NC2=O)c2ccccc2n1Cc1ccc(F)cc1. The molecule has 1 amide bonds. The molecule has 1 aromatic heterocycles. The van der Waals surface area contributed by atoms with Crippen molar-refractivity contribution in [2.45, 2.75) is 45.6 Å². The second-order valence-electron chi connectivity index (χ2n) is 9.52. The van der Waals surface area contributed by atoms with Gasteiger partial charge >= 0.3 is 0 Å². The molecule has 0 bridgehead atoms. The fourth-order valence-electron chi connectivity index (χ4n) is 5.28. The van der Waals surface area contributed by atoms with Gasteiger partial charge in [0.05, 0.1) is 5.57 Å². The van der Waals surface area contributed by atoms with Crippen molar-refractivity contribution >= 4 is 50.7 Å². The first kappa shape index (κ1) is 22.9. The van der Waals surface area contributed by atoms with E-state index in [0.29, 0.717) is 17.6 Å². The van der Waals surface area contributed by atoms with Crippen molar-refractivity contribution in [2.75, 3.05) is 0 Å². The van der Waals surface area contributed by atoms with Gasteiger partial charge < -0.3 is 4.57 Å². The van der Waals surface area contributed by atoms with E-state index in [1.165, 1.54) is 48.2 Å². The number of rotatable bonds is 4. The third-order valence-corrected chi connectivity index (χ3v) is 8.32. The van der Waals surface area contributed by atoms with Crippen molar-refractivity contribution in [3.8, 4) is 0 Å². The Kier molecular flexibility index (Phi) is 5.84. The minimum Gasteiger partial charge on any atom is -0.340 e. The molecular formula is C28H26FN5OS. The van der Waals surface area contributed by atoms with Crippen LogP contribution in [0.15, 0.2) is 64.2 Å². The quantitative estimate of drug-likeness (QED) is 0.426. The van der Waals surface area contributed by atoms with Gasteiger partial charge in [0.2, 0.25) is 5.17 Å². The Labute approximate surface area is 213 Å². The fraction of sp³-hybridized carbons (Fsp3) is 0.286. The summed E-state index contributed by atoms with van der Waals surface area (Å²) in [5.74, 6) is -0.215. The zero-order valence-electron chi connectivity index (χ0n) is 20.0. The molecule has 3 aromatic rings. The number of aliphatic imine (C=N–C) groups is 1. The van der Waals surface area contributed by atoms with Crippen LogP contribution in [0.3, 0.4) is 0 Å².